The molecule has 0 saturated carbocycles. The lowest BCUT2D eigenvalue weighted by Gasteiger charge is -2.07. The molecule has 0 bridgehead atoms. The monoisotopic (exact) mass is 321 g/mol. The van der Waals surface area contributed by atoms with Gasteiger partial charge in [-0.3, -0.25) is 4.79 Å². The predicted molar refractivity (Wildman–Crippen MR) is 87.2 cm³/mol. The highest BCUT2D eigenvalue weighted by atomic mass is 35.5. The number of thioether (sulfide) groups is 1. The molecule has 21 heavy (non-hydrogen) atoms. The number of hydrogen-bond acceptors (Lipinski definition) is 4. The second-order valence-electron chi connectivity index (χ2n) is 4.52. The van der Waals surface area contributed by atoms with E-state index < -0.39 is 0 Å². The van der Waals surface area contributed by atoms with E-state index in [-0.39, 0.29) is 16.6 Å². The number of anilines is 1. The van der Waals surface area contributed by atoms with Crippen molar-refractivity contribution in [2.75, 3.05) is 11.1 Å². The number of nitrogens with zero attached hydrogens (tertiary/aromatic N) is 2. The molecule has 0 spiro atoms. The molecule has 1 aromatic carbocycles. The maximum atomic E-state index is 12.3. The maximum absolute atomic E-state index is 12.3. The first-order chi connectivity index (χ1) is 10.1. The van der Waals surface area contributed by atoms with Gasteiger partial charge in [-0.15, -0.1) is 0 Å². The van der Waals surface area contributed by atoms with Gasteiger partial charge in [-0.05, 0) is 25.5 Å². The molecule has 6 heteroatoms. The van der Waals surface area contributed by atoms with E-state index >= 15 is 0 Å². The zero-order valence-electron chi connectivity index (χ0n) is 11.9. The Labute approximate surface area is 133 Å². The van der Waals surface area contributed by atoms with Crippen LogP contribution in [0.1, 0.15) is 29.4 Å². The van der Waals surface area contributed by atoms with E-state index in [1.165, 1.54) is 18.0 Å². The number of rotatable bonds is 5. The van der Waals surface area contributed by atoms with Crippen LogP contribution in [0, 0.1) is 6.92 Å². The van der Waals surface area contributed by atoms with Crippen LogP contribution in [0.4, 0.5) is 5.69 Å². The van der Waals surface area contributed by atoms with Crippen LogP contribution in [-0.4, -0.2) is 21.6 Å². The average Bonchev–Trinajstić information content (AvgIpc) is 2.48. The molecule has 0 saturated heterocycles. The SMILES string of the molecule is CCCSc1ncc(Cl)c(C(=O)Nc2ccc(C)cc2)n1. The first-order valence-corrected chi connectivity index (χ1v) is 8.00. The first-order valence-electron chi connectivity index (χ1n) is 6.63. The highest BCUT2D eigenvalue weighted by molar-refractivity contribution is 7.99. The number of amides is 1. The predicted octanol–water partition coefficient (Wildman–Crippen LogP) is 4.19. The van der Waals surface area contributed by atoms with Gasteiger partial charge in [0.05, 0.1) is 11.2 Å². The average molecular weight is 322 g/mol. The number of nitrogens with one attached hydrogen (secondary N) is 1. The Hall–Kier alpha value is -1.59. The Morgan fingerprint density at radius 1 is 1.33 bits per heavy atom. The molecule has 0 unspecified atom stereocenters. The second-order valence-corrected chi connectivity index (χ2v) is 5.99. The molecule has 2 aromatic rings. The molecule has 4 nitrogen and oxygen atoms in total. The quantitative estimate of drug-likeness (QED) is 0.662. The van der Waals surface area contributed by atoms with Gasteiger partial charge in [-0.25, -0.2) is 9.97 Å². The maximum Gasteiger partial charge on any atom is 0.275 e. The third-order valence-corrected chi connectivity index (χ3v) is 4.03. The fraction of sp³-hybridized carbons (Fsp3) is 0.267. The standard InChI is InChI=1S/C15H16ClN3OS/c1-3-8-21-15-17-9-12(16)13(19-15)14(20)18-11-6-4-10(2)5-7-11/h4-7,9H,3,8H2,1-2H3,(H,18,20). The highest BCUT2D eigenvalue weighted by Crippen LogP contribution is 2.20. The molecular weight excluding hydrogens is 306 g/mol. The Bertz CT molecular complexity index is 631. The summed E-state index contributed by atoms with van der Waals surface area (Å²) >= 11 is 7.53. The molecule has 1 N–H and O–H groups in total. The molecule has 0 fully saturated rings. The van der Waals surface area contributed by atoms with E-state index in [0.29, 0.717) is 10.8 Å². The van der Waals surface area contributed by atoms with Crippen LogP contribution in [0.25, 0.3) is 0 Å². The molecule has 0 aliphatic carbocycles. The van der Waals surface area contributed by atoms with Crippen molar-refractivity contribution in [2.45, 2.75) is 25.4 Å². The van der Waals surface area contributed by atoms with Crippen LogP contribution in [0.15, 0.2) is 35.6 Å². The summed E-state index contributed by atoms with van der Waals surface area (Å²) in [6.07, 6.45) is 2.48. The Kier molecular flexibility index (Phi) is 5.59. The largest absolute Gasteiger partial charge is 0.321 e. The summed E-state index contributed by atoms with van der Waals surface area (Å²) in [7, 11) is 0. The van der Waals surface area contributed by atoms with Crippen molar-refractivity contribution in [3.05, 3.63) is 46.7 Å². The zero-order chi connectivity index (χ0) is 15.2. The van der Waals surface area contributed by atoms with Gasteiger partial charge in [0.2, 0.25) is 0 Å². The van der Waals surface area contributed by atoms with Crippen molar-refractivity contribution in [1.29, 1.82) is 0 Å². The summed E-state index contributed by atoms with van der Waals surface area (Å²) in [5.41, 5.74) is 2.04. The number of benzene rings is 1. The van der Waals surface area contributed by atoms with Gasteiger partial charge in [0.15, 0.2) is 10.9 Å². The highest BCUT2D eigenvalue weighted by Gasteiger charge is 2.14. The topological polar surface area (TPSA) is 54.9 Å². The van der Waals surface area contributed by atoms with Crippen LogP contribution < -0.4 is 5.32 Å². The van der Waals surface area contributed by atoms with E-state index in [1.54, 1.807) is 0 Å². The fourth-order valence-corrected chi connectivity index (χ4v) is 2.45. The number of aryl methyl sites for hydroxylation is 1. The van der Waals surface area contributed by atoms with Gasteiger partial charge in [0, 0.05) is 11.4 Å². The van der Waals surface area contributed by atoms with Crippen molar-refractivity contribution in [1.82, 2.24) is 9.97 Å². The fourth-order valence-electron chi connectivity index (χ4n) is 1.60. The van der Waals surface area contributed by atoms with Crippen LogP contribution in [0.3, 0.4) is 0 Å². The Morgan fingerprint density at radius 3 is 2.71 bits per heavy atom. The second kappa shape index (κ2) is 7.43. The lowest BCUT2D eigenvalue weighted by atomic mass is 10.2. The number of hydrogen-bond donors (Lipinski definition) is 1. The van der Waals surface area contributed by atoms with Gasteiger partial charge >= 0.3 is 0 Å². The third-order valence-electron chi connectivity index (χ3n) is 2.68. The molecule has 1 aromatic heterocycles. The Balaban J connectivity index is 2.15. The molecule has 0 aliphatic heterocycles. The van der Waals surface area contributed by atoms with Gasteiger partial charge in [0.25, 0.3) is 5.91 Å². The van der Waals surface area contributed by atoms with Crippen molar-refractivity contribution in [3.8, 4) is 0 Å². The van der Waals surface area contributed by atoms with Crippen LogP contribution in [0.2, 0.25) is 5.02 Å². The molecule has 0 radical (unpaired) electrons. The van der Waals surface area contributed by atoms with Gasteiger partial charge in [-0.1, -0.05) is 48.0 Å². The van der Waals surface area contributed by atoms with Crippen molar-refractivity contribution >= 4 is 35.0 Å². The lowest BCUT2D eigenvalue weighted by Crippen LogP contribution is -2.15. The minimum atomic E-state index is -0.329. The number of halogens is 1. The van der Waals surface area contributed by atoms with E-state index in [2.05, 4.69) is 22.2 Å². The molecule has 2 rings (SSSR count). The summed E-state index contributed by atoms with van der Waals surface area (Å²) < 4.78 is 0. The first kappa shape index (κ1) is 15.8. The van der Waals surface area contributed by atoms with Crippen LogP contribution in [-0.2, 0) is 0 Å². The van der Waals surface area contributed by atoms with E-state index in [1.807, 2.05) is 31.2 Å². The van der Waals surface area contributed by atoms with Gasteiger partial charge in [0.1, 0.15) is 0 Å². The van der Waals surface area contributed by atoms with Crippen LogP contribution in [0.5, 0.6) is 0 Å². The molecule has 110 valence electrons. The third kappa shape index (κ3) is 4.44. The van der Waals surface area contributed by atoms with E-state index in [0.717, 1.165) is 17.7 Å². The minimum Gasteiger partial charge on any atom is -0.321 e. The summed E-state index contributed by atoms with van der Waals surface area (Å²) in [5.74, 6) is 0.574. The van der Waals surface area contributed by atoms with E-state index in [9.17, 15) is 4.79 Å². The van der Waals surface area contributed by atoms with Crippen molar-refractivity contribution in [3.63, 3.8) is 0 Å². The Morgan fingerprint density at radius 2 is 2.05 bits per heavy atom. The van der Waals surface area contributed by atoms with Gasteiger partial charge in [-0.2, -0.15) is 0 Å². The lowest BCUT2D eigenvalue weighted by molar-refractivity contribution is 0.102. The summed E-state index contributed by atoms with van der Waals surface area (Å²) in [4.78, 5) is 20.6. The molecule has 0 aliphatic rings. The molecule has 1 amide bonds. The zero-order valence-corrected chi connectivity index (χ0v) is 13.5. The summed E-state index contributed by atoms with van der Waals surface area (Å²) in [6.45, 7) is 4.07. The minimum absolute atomic E-state index is 0.200. The van der Waals surface area contributed by atoms with Crippen molar-refractivity contribution < 1.29 is 4.79 Å². The molecule has 1 heterocycles. The molecular formula is C15H16ClN3OS. The smallest absolute Gasteiger partial charge is 0.275 e. The van der Waals surface area contributed by atoms with E-state index in [4.69, 9.17) is 11.6 Å². The summed E-state index contributed by atoms with van der Waals surface area (Å²) in [5, 5.41) is 3.60. The van der Waals surface area contributed by atoms with Gasteiger partial charge < -0.3 is 5.32 Å². The number of carbonyl (C=O) groups is 1. The summed E-state index contributed by atoms with van der Waals surface area (Å²) in [6, 6.07) is 7.55. The molecule has 0 atom stereocenters. The number of aromatic nitrogens is 2. The van der Waals surface area contributed by atoms with Crippen LogP contribution >= 0.6 is 23.4 Å². The van der Waals surface area contributed by atoms with Crippen molar-refractivity contribution in [2.24, 2.45) is 0 Å². The normalized spacial score (nSPS) is 10.4. The number of carbonyl (C=O) groups excluding carboxylic acids is 1.